The number of hydrogen-bond donors (Lipinski definition) is 3. The Bertz CT molecular complexity index is 1670. The lowest BCUT2D eigenvalue weighted by atomic mass is 9.92. The van der Waals surface area contributed by atoms with Crippen molar-refractivity contribution in [1.82, 2.24) is 10.3 Å². The van der Waals surface area contributed by atoms with Crippen LogP contribution in [0.5, 0.6) is 0 Å². The second-order valence-electron chi connectivity index (χ2n) is 9.73. The molecule has 208 valence electrons. The van der Waals surface area contributed by atoms with Crippen molar-refractivity contribution in [1.29, 1.82) is 0 Å². The Hall–Kier alpha value is -4.47. The quantitative estimate of drug-likeness (QED) is 0.249. The maximum Gasteiger partial charge on any atom is 0.326 e. The molecule has 2 amide bonds. The first kappa shape index (κ1) is 28.1. The zero-order chi connectivity index (χ0) is 29.1. The second kappa shape index (κ2) is 11.6. The Kier molecular flexibility index (Phi) is 7.92. The highest BCUT2D eigenvalue weighted by Crippen LogP contribution is 2.30. The van der Waals surface area contributed by atoms with E-state index in [9.17, 15) is 19.5 Å². The average molecular weight is 591 g/mol. The number of fused-ring (bicyclic) bond motifs is 1. The van der Waals surface area contributed by atoms with E-state index in [4.69, 9.17) is 28.0 Å². The SMILES string of the molecule is C[C@@]1(C(=O)N[C@@H](Cc2ccc(NC(=O)c3c(Cl)cccc3Cl)cc2)C(=O)O)CC(c2cccc3ncccc23)=NO1. The monoisotopic (exact) mass is 590 g/mol. The molecule has 0 fully saturated rings. The Morgan fingerprint density at radius 1 is 1.00 bits per heavy atom. The van der Waals surface area contributed by atoms with E-state index < -0.39 is 29.4 Å². The number of carbonyl (C=O) groups is 3. The van der Waals surface area contributed by atoms with Crippen molar-refractivity contribution in [2.45, 2.75) is 31.4 Å². The fraction of sp³-hybridized carbons (Fsp3) is 0.167. The lowest BCUT2D eigenvalue weighted by Gasteiger charge is -2.23. The molecule has 2 atom stereocenters. The van der Waals surface area contributed by atoms with Crippen LogP contribution >= 0.6 is 23.2 Å². The summed E-state index contributed by atoms with van der Waals surface area (Å²) in [4.78, 5) is 47.8. The van der Waals surface area contributed by atoms with E-state index in [1.54, 1.807) is 55.6 Å². The van der Waals surface area contributed by atoms with Gasteiger partial charge in [-0.05, 0) is 48.9 Å². The number of benzene rings is 3. The normalized spacial score (nSPS) is 16.9. The van der Waals surface area contributed by atoms with Gasteiger partial charge in [-0.25, -0.2) is 4.79 Å². The van der Waals surface area contributed by atoms with Crippen molar-refractivity contribution in [3.8, 4) is 0 Å². The van der Waals surface area contributed by atoms with Crippen molar-refractivity contribution in [3.05, 3.63) is 106 Å². The molecule has 1 aromatic heterocycles. The number of aromatic nitrogens is 1. The molecule has 0 aliphatic carbocycles. The molecule has 2 heterocycles. The van der Waals surface area contributed by atoms with Gasteiger partial charge in [0, 0.05) is 35.7 Å². The largest absolute Gasteiger partial charge is 0.480 e. The number of aliphatic carboxylic acids is 1. The van der Waals surface area contributed by atoms with Crippen LogP contribution in [0, 0.1) is 0 Å². The van der Waals surface area contributed by atoms with Crippen molar-refractivity contribution >= 4 is 63.3 Å². The van der Waals surface area contributed by atoms with Crippen LogP contribution in [0.25, 0.3) is 10.9 Å². The van der Waals surface area contributed by atoms with Gasteiger partial charge in [0.2, 0.25) is 5.60 Å². The summed E-state index contributed by atoms with van der Waals surface area (Å²) in [7, 11) is 0. The zero-order valence-corrected chi connectivity index (χ0v) is 23.2. The van der Waals surface area contributed by atoms with Crippen molar-refractivity contribution in [3.63, 3.8) is 0 Å². The number of nitrogens with zero attached hydrogens (tertiary/aromatic N) is 2. The third-order valence-electron chi connectivity index (χ3n) is 6.74. The molecule has 0 saturated heterocycles. The molecule has 0 unspecified atom stereocenters. The average Bonchev–Trinajstić information content (AvgIpc) is 3.36. The van der Waals surface area contributed by atoms with E-state index in [1.165, 1.54) is 0 Å². The summed E-state index contributed by atoms with van der Waals surface area (Å²) in [6.45, 7) is 1.57. The number of halogens is 2. The highest BCUT2D eigenvalue weighted by atomic mass is 35.5. The molecule has 1 aliphatic rings. The summed E-state index contributed by atoms with van der Waals surface area (Å²) >= 11 is 12.2. The molecular weight excluding hydrogens is 567 g/mol. The number of carboxylic acid groups (broad SMARTS) is 1. The first-order valence-corrected chi connectivity index (χ1v) is 13.4. The standard InChI is InChI=1S/C30H24Cl2N4O5/c1-30(16-25(36-41-30)20-5-2-9-23-19(20)6-4-14-33-23)29(40)35-24(28(38)39)15-17-10-12-18(13-11-17)34-27(37)26-21(31)7-3-8-22(26)32/h2-14,24H,15-16H2,1H3,(H,34,37)(H,35,40)(H,38,39)/t24-,30-/m0/s1. The van der Waals surface area contributed by atoms with Gasteiger partial charge in [0.15, 0.2) is 0 Å². The fourth-order valence-corrected chi connectivity index (χ4v) is 5.11. The van der Waals surface area contributed by atoms with Gasteiger partial charge >= 0.3 is 5.97 Å². The number of nitrogens with one attached hydrogen (secondary N) is 2. The summed E-state index contributed by atoms with van der Waals surface area (Å²) in [5, 5.41) is 20.6. The third kappa shape index (κ3) is 6.01. The highest BCUT2D eigenvalue weighted by Gasteiger charge is 2.44. The van der Waals surface area contributed by atoms with Gasteiger partial charge in [-0.15, -0.1) is 0 Å². The lowest BCUT2D eigenvalue weighted by molar-refractivity contribution is -0.148. The van der Waals surface area contributed by atoms with Gasteiger partial charge in [0.1, 0.15) is 6.04 Å². The second-order valence-corrected chi connectivity index (χ2v) is 10.5. The molecule has 0 bridgehead atoms. The number of oxime groups is 1. The number of rotatable bonds is 8. The minimum Gasteiger partial charge on any atom is -0.480 e. The maximum absolute atomic E-state index is 13.2. The van der Waals surface area contributed by atoms with E-state index in [1.807, 2.05) is 30.3 Å². The van der Waals surface area contributed by atoms with Crippen LogP contribution in [0.2, 0.25) is 10.0 Å². The molecule has 41 heavy (non-hydrogen) atoms. The van der Waals surface area contributed by atoms with Gasteiger partial charge in [-0.3, -0.25) is 14.6 Å². The first-order valence-electron chi connectivity index (χ1n) is 12.6. The number of amides is 2. The Labute approximate surface area is 245 Å². The van der Waals surface area contributed by atoms with Gasteiger partial charge in [-0.2, -0.15) is 0 Å². The first-order chi connectivity index (χ1) is 19.6. The predicted octanol–water partition coefficient (Wildman–Crippen LogP) is 5.49. The van der Waals surface area contributed by atoms with Gasteiger partial charge in [-0.1, -0.05) is 64.8 Å². The molecule has 3 N–H and O–H groups in total. The summed E-state index contributed by atoms with van der Waals surface area (Å²) in [6, 6.07) is 19.5. The molecule has 4 aromatic rings. The van der Waals surface area contributed by atoms with Crippen LogP contribution in [0.3, 0.4) is 0 Å². The summed E-state index contributed by atoms with van der Waals surface area (Å²) in [6.07, 6.45) is 1.86. The van der Waals surface area contributed by atoms with Crippen molar-refractivity contribution in [2.75, 3.05) is 5.32 Å². The number of anilines is 1. The van der Waals surface area contributed by atoms with Crippen LogP contribution < -0.4 is 10.6 Å². The Morgan fingerprint density at radius 3 is 2.41 bits per heavy atom. The van der Waals surface area contributed by atoms with Crippen LogP contribution in [0.4, 0.5) is 5.69 Å². The van der Waals surface area contributed by atoms with Crippen LogP contribution in [0.1, 0.15) is 34.8 Å². The smallest absolute Gasteiger partial charge is 0.326 e. The molecule has 0 spiro atoms. The third-order valence-corrected chi connectivity index (χ3v) is 7.37. The van der Waals surface area contributed by atoms with Gasteiger partial charge < -0.3 is 20.6 Å². The van der Waals surface area contributed by atoms with Gasteiger partial charge in [0.25, 0.3) is 11.8 Å². The van der Waals surface area contributed by atoms with E-state index in [2.05, 4.69) is 20.8 Å². The highest BCUT2D eigenvalue weighted by molar-refractivity contribution is 6.40. The summed E-state index contributed by atoms with van der Waals surface area (Å²) in [5.74, 6) is -2.27. The summed E-state index contributed by atoms with van der Waals surface area (Å²) in [5.41, 5.74) is 2.02. The minimum atomic E-state index is -1.39. The van der Waals surface area contributed by atoms with E-state index >= 15 is 0 Å². The van der Waals surface area contributed by atoms with Crippen LogP contribution in [-0.2, 0) is 20.8 Å². The lowest BCUT2D eigenvalue weighted by Crippen LogP contribution is -2.51. The maximum atomic E-state index is 13.2. The van der Waals surface area contributed by atoms with Crippen LogP contribution in [-0.4, -0.2) is 45.2 Å². The molecule has 0 saturated carbocycles. The summed E-state index contributed by atoms with van der Waals surface area (Å²) < 4.78 is 0. The molecular formula is C30H24Cl2N4O5. The number of carboxylic acids is 1. The zero-order valence-electron chi connectivity index (χ0n) is 21.7. The molecule has 9 nitrogen and oxygen atoms in total. The Morgan fingerprint density at radius 2 is 1.71 bits per heavy atom. The molecule has 11 heteroatoms. The predicted molar refractivity (Wildman–Crippen MR) is 157 cm³/mol. The fourth-order valence-electron chi connectivity index (χ4n) is 4.54. The number of hydrogen-bond acceptors (Lipinski definition) is 6. The van der Waals surface area contributed by atoms with E-state index in [-0.39, 0.29) is 28.5 Å². The van der Waals surface area contributed by atoms with Crippen molar-refractivity contribution in [2.24, 2.45) is 5.16 Å². The van der Waals surface area contributed by atoms with E-state index in [0.717, 1.165) is 16.5 Å². The molecule has 3 aromatic carbocycles. The Balaban J connectivity index is 1.23. The number of pyridine rings is 1. The number of carbonyl (C=O) groups excluding carboxylic acids is 2. The van der Waals surface area contributed by atoms with Gasteiger partial charge in [0.05, 0.1) is 26.8 Å². The molecule has 5 rings (SSSR count). The van der Waals surface area contributed by atoms with Crippen LogP contribution in [0.15, 0.2) is 84.1 Å². The molecule has 0 radical (unpaired) electrons. The van der Waals surface area contributed by atoms with E-state index in [0.29, 0.717) is 17.0 Å². The molecule has 1 aliphatic heterocycles. The topological polar surface area (TPSA) is 130 Å². The minimum absolute atomic E-state index is 0.00439. The van der Waals surface area contributed by atoms with Crippen molar-refractivity contribution < 1.29 is 24.3 Å².